The van der Waals surface area contributed by atoms with E-state index < -0.39 is 16.4 Å². The average Bonchev–Trinajstić information content (AvgIpc) is 2.70. The Morgan fingerprint density at radius 2 is 1.91 bits per heavy atom. The van der Waals surface area contributed by atoms with Gasteiger partial charge in [0.1, 0.15) is 0 Å². The lowest BCUT2D eigenvalue weighted by Gasteiger charge is -2.28. The molecule has 0 aromatic heterocycles. The number of anilines is 1. The van der Waals surface area contributed by atoms with E-state index in [1.165, 1.54) is 31.0 Å². The molecule has 1 aliphatic carbocycles. The molecule has 5 N–H and O–H groups in total. The quantitative estimate of drug-likeness (QED) is 0.339. The third kappa shape index (κ3) is 3.94. The van der Waals surface area contributed by atoms with E-state index in [9.17, 15) is 14.9 Å². The SMILES string of the molecule is Nc1ccc([N+](=O)[O-])cc1C(=O)NCC1(N)CCCCCC1. The molecule has 1 amide bonds. The minimum absolute atomic E-state index is 0.117. The molecule has 1 saturated carbocycles. The van der Waals surface area contributed by atoms with Crippen molar-refractivity contribution in [1.29, 1.82) is 0 Å². The highest BCUT2D eigenvalue weighted by Gasteiger charge is 2.27. The molecule has 0 aliphatic heterocycles. The molecule has 120 valence electrons. The lowest BCUT2D eigenvalue weighted by Crippen LogP contribution is -2.49. The molecule has 1 fully saturated rings. The fraction of sp³-hybridized carbons (Fsp3) is 0.533. The van der Waals surface area contributed by atoms with Crippen molar-refractivity contribution in [2.24, 2.45) is 5.73 Å². The van der Waals surface area contributed by atoms with Gasteiger partial charge in [0, 0.05) is 29.9 Å². The topological polar surface area (TPSA) is 124 Å². The summed E-state index contributed by atoms with van der Waals surface area (Å²) in [4.78, 5) is 22.5. The van der Waals surface area contributed by atoms with Gasteiger partial charge in [-0.05, 0) is 18.9 Å². The van der Waals surface area contributed by atoms with Crippen LogP contribution in [-0.4, -0.2) is 22.9 Å². The molecule has 0 saturated heterocycles. The maximum atomic E-state index is 12.2. The predicted molar refractivity (Wildman–Crippen MR) is 84.5 cm³/mol. The first-order valence-electron chi connectivity index (χ1n) is 7.52. The molecular weight excluding hydrogens is 284 g/mol. The molecule has 2 rings (SSSR count). The number of carbonyl (C=O) groups excluding carboxylic acids is 1. The zero-order valence-electron chi connectivity index (χ0n) is 12.5. The van der Waals surface area contributed by atoms with Crippen LogP contribution in [0.5, 0.6) is 0 Å². The van der Waals surface area contributed by atoms with Crippen molar-refractivity contribution in [1.82, 2.24) is 5.32 Å². The molecule has 1 aliphatic rings. The molecule has 0 radical (unpaired) electrons. The molecule has 0 spiro atoms. The smallest absolute Gasteiger partial charge is 0.270 e. The largest absolute Gasteiger partial charge is 0.398 e. The van der Waals surface area contributed by atoms with E-state index in [-0.39, 0.29) is 16.9 Å². The van der Waals surface area contributed by atoms with Gasteiger partial charge < -0.3 is 16.8 Å². The standard InChI is InChI=1S/C15H22N4O3/c16-13-6-5-11(19(21)22)9-12(13)14(20)18-10-15(17)7-3-1-2-4-8-15/h5-6,9H,1-4,7-8,10,16-17H2,(H,18,20). The summed E-state index contributed by atoms with van der Waals surface area (Å²) in [6.45, 7) is 0.355. The molecule has 0 heterocycles. The van der Waals surface area contributed by atoms with Crippen LogP contribution in [0, 0.1) is 10.1 Å². The van der Waals surface area contributed by atoms with Gasteiger partial charge >= 0.3 is 0 Å². The van der Waals surface area contributed by atoms with E-state index in [0.29, 0.717) is 6.54 Å². The van der Waals surface area contributed by atoms with Crippen molar-refractivity contribution in [3.8, 4) is 0 Å². The summed E-state index contributed by atoms with van der Waals surface area (Å²) in [5, 5.41) is 13.6. The highest BCUT2D eigenvalue weighted by molar-refractivity contribution is 5.99. The zero-order valence-corrected chi connectivity index (χ0v) is 12.5. The van der Waals surface area contributed by atoms with Gasteiger partial charge in [0.05, 0.1) is 10.5 Å². The van der Waals surface area contributed by atoms with Gasteiger partial charge in [-0.25, -0.2) is 0 Å². The van der Waals surface area contributed by atoms with Crippen LogP contribution in [0.2, 0.25) is 0 Å². The number of nitrogens with one attached hydrogen (secondary N) is 1. The van der Waals surface area contributed by atoms with Gasteiger partial charge in [-0.1, -0.05) is 25.7 Å². The summed E-state index contributed by atoms with van der Waals surface area (Å²) in [6, 6.07) is 3.85. The molecule has 22 heavy (non-hydrogen) atoms. The van der Waals surface area contributed by atoms with Crippen LogP contribution in [0.3, 0.4) is 0 Å². The minimum atomic E-state index is -0.550. The fourth-order valence-corrected chi connectivity index (χ4v) is 2.82. The highest BCUT2D eigenvalue weighted by atomic mass is 16.6. The van der Waals surface area contributed by atoms with E-state index in [0.717, 1.165) is 25.7 Å². The zero-order chi connectivity index (χ0) is 16.2. The van der Waals surface area contributed by atoms with Gasteiger partial charge in [0.15, 0.2) is 0 Å². The van der Waals surface area contributed by atoms with Crippen LogP contribution in [0.25, 0.3) is 0 Å². The number of rotatable bonds is 4. The van der Waals surface area contributed by atoms with Crippen LogP contribution >= 0.6 is 0 Å². The lowest BCUT2D eigenvalue weighted by atomic mass is 9.91. The highest BCUT2D eigenvalue weighted by Crippen LogP contribution is 2.25. The first-order valence-corrected chi connectivity index (χ1v) is 7.52. The Morgan fingerprint density at radius 3 is 2.50 bits per heavy atom. The Hall–Kier alpha value is -2.15. The summed E-state index contributed by atoms with van der Waals surface area (Å²) < 4.78 is 0. The number of benzene rings is 1. The second-order valence-electron chi connectivity index (χ2n) is 5.99. The Kier molecular flexibility index (Phi) is 4.97. The number of nitrogen functional groups attached to an aromatic ring is 1. The Morgan fingerprint density at radius 1 is 1.27 bits per heavy atom. The number of hydrogen-bond acceptors (Lipinski definition) is 5. The Balaban J connectivity index is 2.05. The molecule has 7 heteroatoms. The van der Waals surface area contributed by atoms with Crippen molar-refractivity contribution >= 4 is 17.3 Å². The summed E-state index contributed by atoms with van der Waals surface area (Å²) in [7, 11) is 0. The van der Waals surface area contributed by atoms with Gasteiger partial charge in [0.2, 0.25) is 0 Å². The van der Waals surface area contributed by atoms with Crippen LogP contribution in [0.15, 0.2) is 18.2 Å². The van der Waals surface area contributed by atoms with E-state index in [4.69, 9.17) is 11.5 Å². The number of non-ortho nitro benzene ring substituents is 1. The monoisotopic (exact) mass is 306 g/mol. The van der Waals surface area contributed by atoms with Crippen molar-refractivity contribution in [3.63, 3.8) is 0 Å². The van der Waals surface area contributed by atoms with Gasteiger partial charge in [-0.3, -0.25) is 14.9 Å². The minimum Gasteiger partial charge on any atom is -0.398 e. The first-order chi connectivity index (χ1) is 10.4. The van der Waals surface area contributed by atoms with Crippen molar-refractivity contribution < 1.29 is 9.72 Å². The van der Waals surface area contributed by atoms with E-state index in [1.54, 1.807) is 0 Å². The fourth-order valence-electron chi connectivity index (χ4n) is 2.82. The third-order valence-electron chi connectivity index (χ3n) is 4.19. The third-order valence-corrected chi connectivity index (χ3v) is 4.19. The van der Waals surface area contributed by atoms with Crippen molar-refractivity contribution in [2.75, 3.05) is 12.3 Å². The first kappa shape index (κ1) is 16.2. The summed E-state index contributed by atoms with van der Waals surface area (Å²) >= 11 is 0. The summed E-state index contributed by atoms with van der Waals surface area (Å²) in [5.41, 5.74) is 11.9. The Labute approximate surface area is 129 Å². The lowest BCUT2D eigenvalue weighted by molar-refractivity contribution is -0.384. The summed E-state index contributed by atoms with van der Waals surface area (Å²) in [5.74, 6) is -0.421. The van der Waals surface area contributed by atoms with Crippen LogP contribution < -0.4 is 16.8 Å². The van der Waals surface area contributed by atoms with Gasteiger partial charge in [-0.15, -0.1) is 0 Å². The van der Waals surface area contributed by atoms with Crippen LogP contribution in [0.1, 0.15) is 48.9 Å². The van der Waals surface area contributed by atoms with Crippen LogP contribution in [-0.2, 0) is 0 Å². The number of nitrogens with two attached hydrogens (primary N) is 2. The number of amides is 1. The van der Waals surface area contributed by atoms with E-state index in [2.05, 4.69) is 5.32 Å². The number of nitro benzene ring substituents is 1. The molecular formula is C15H22N4O3. The van der Waals surface area contributed by atoms with Crippen LogP contribution in [0.4, 0.5) is 11.4 Å². The Bertz CT molecular complexity index is 566. The molecule has 0 atom stereocenters. The average molecular weight is 306 g/mol. The van der Waals surface area contributed by atoms with E-state index >= 15 is 0 Å². The normalized spacial score (nSPS) is 17.5. The molecule has 1 aromatic carbocycles. The molecule has 0 bridgehead atoms. The second-order valence-corrected chi connectivity index (χ2v) is 5.99. The molecule has 1 aromatic rings. The van der Waals surface area contributed by atoms with Crippen molar-refractivity contribution in [2.45, 2.75) is 44.1 Å². The molecule has 7 nitrogen and oxygen atoms in total. The molecule has 0 unspecified atom stereocenters. The van der Waals surface area contributed by atoms with Gasteiger partial charge in [0.25, 0.3) is 11.6 Å². The maximum absolute atomic E-state index is 12.2. The second kappa shape index (κ2) is 6.74. The van der Waals surface area contributed by atoms with Gasteiger partial charge in [-0.2, -0.15) is 0 Å². The maximum Gasteiger partial charge on any atom is 0.270 e. The van der Waals surface area contributed by atoms with Crippen molar-refractivity contribution in [3.05, 3.63) is 33.9 Å². The number of nitrogens with zero attached hydrogens (tertiary/aromatic N) is 1. The number of nitro groups is 1. The van der Waals surface area contributed by atoms with E-state index in [1.807, 2.05) is 0 Å². The summed E-state index contributed by atoms with van der Waals surface area (Å²) in [6.07, 6.45) is 6.21. The number of hydrogen-bond donors (Lipinski definition) is 3. The predicted octanol–water partition coefficient (Wildman–Crippen LogP) is 1.96. The number of carbonyl (C=O) groups is 1.